The van der Waals surface area contributed by atoms with Gasteiger partial charge in [0.25, 0.3) is 0 Å². The Hall–Kier alpha value is -1.61. The van der Waals surface area contributed by atoms with Gasteiger partial charge in [-0.05, 0) is 29.8 Å². The van der Waals surface area contributed by atoms with Crippen LogP contribution >= 0.6 is 11.6 Å². The van der Waals surface area contributed by atoms with Crippen molar-refractivity contribution in [2.24, 2.45) is 0 Å². The summed E-state index contributed by atoms with van der Waals surface area (Å²) in [7, 11) is 0. The van der Waals surface area contributed by atoms with Gasteiger partial charge in [0.1, 0.15) is 24.0 Å². The lowest BCUT2D eigenvalue weighted by molar-refractivity contribution is 0.305. The Balaban J connectivity index is 2.07. The fourth-order valence-corrected chi connectivity index (χ4v) is 1.54. The molecule has 2 rings (SSSR count). The number of hydrogen-bond acceptors (Lipinski definition) is 1. The molecule has 0 fully saturated rings. The number of hydrogen-bond donors (Lipinski definition) is 0. The highest BCUT2D eigenvalue weighted by molar-refractivity contribution is 6.31. The van der Waals surface area contributed by atoms with E-state index in [1.807, 2.05) is 0 Å². The second-order valence-electron chi connectivity index (χ2n) is 3.40. The molecule has 4 heteroatoms. The monoisotopic (exact) mass is 253 g/mol. The molecule has 0 aromatic heterocycles. The lowest BCUT2D eigenvalue weighted by Crippen LogP contribution is -1.96. The molecule has 2 aromatic carbocycles. The van der Waals surface area contributed by atoms with Gasteiger partial charge < -0.3 is 4.74 Å². The molecule has 2 aromatic rings. The summed E-state index contributed by atoms with van der Waals surface area (Å²) in [6.07, 6.45) is 0. The van der Waals surface area contributed by atoms with E-state index in [2.05, 4.69) is 6.07 Å². The molecule has 0 N–H and O–H groups in total. The molecule has 0 atom stereocenters. The maximum atomic E-state index is 12.9. The highest BCUT2D eigenvalue weighted by Crippen LogP contribution is 2.25. The van der Waals surface area contributed by atoms with Gasteiger partial charge in [0.05, 0.1) is 5.02 Å². The van der Waals surface area contributed by atoms with Gasteiger partial charge in [0, 0.05) is 6.07 Å². The van der Waals surface area contributed by atoms with E-state index in [4.69, 9.17) is 16.3 Å². The van der Waals surface area contributed by atoms with E-state index < -0.39 is 5.82 Å². The number of halogens is 3. The van der Waals surface area contributed by atoms with Gasteiger partial charge >= 0.3 is 0 Å². The zero-order chi connectivity index (χ0) is 12.3. The van der Waals surface area contributed by atoms with Crippen LogP contribution < -0.4 is 4.74 Å². The third-order valence-electron chi connectivity index (χ3n) is 2.11. The first-order valence-corrected chi connectivity index (χ1v) is 5.27. The average molecular weight is 254 g/mol. The standard InChI is InChI=1S/C13H8ClF2O/c14-12-7-11(16)4-5-13(12)17-8-9-2-1-3-10(15)6-9/h1-6H,8H2. The van der Waals surface area contributed by atoms with E-state index in [0.717, 1.165) is 0 Å². The fourth-order valence-electron chi connectivity index (χ4n) is 1.33. The molecular weight excluding hydrogens is 246 g/mol. The van der Waals surface area contributed by atoms with Gasteiger partial charge in [-0.1, -0.05) is 23.7 Å². The summed E-state index contributed by atoms with van der Waals surface area (Å²) in [4.78, 5) is 0. The maximum absolute atomic E-state index is 12.9. The van der Waals surface area contributed by atoms with Crippen molar-refractivity contribution in [1.82, 2.24) is 0 Å². The summed E-state index contributed by atoms with van der Waals surface area (Å²) in [5, 5.41) is 0.0707. The van der Waals surface area contributed by atoms with Crippen molar-refractivity contribution >= 4 is 11.6 Å². The van der Waals surface area contributed by atoms with Gasteiger partial charge in [-0.15, -0.1) is 0 Å². The van der Waals surface area contributed by atoms with E-state index in [1.54, 1.807) is 12.1 Å². The van der Waals surface area contributed by atoms with Crippen LogP contribution in [0.25, 0.3) is 0 Å². The highest BCUT2D eigenvalue weighted by atomic mass is 35.5. The van der Waals surface area contributed by atoms with Crippen LogP contribution in [0.5, 0.6) is 5.75 Å². The normalized spacial score (nSPS) is 10.3. The van der Waals surface area contributed by atoms with Crippen LogP contribution in [0.3, 0.4) is 0 Å². The van der Waals surface area contributed by atoms with Crippen LogP contribution in [0.4, 0.5) is 8.78 Å². The molecule has 0 aliphatic heterocycles. The molecule has 0 heterocycles. The van der Waals surface area contributed by atoms with Crippen molar-refractivity contribution in [3.63, 3.8) is 0 Å². The Bertz CT molecular complexity index is 529. The molecule has 0 saturated carbocycles. The topological polar surface area (TPSA) is 9.23 Å². The van der Waals surface area contributed by atoms with Crippen molar-refractivity contribution in [3.05, 3.63) is 64.7 Å². The van der Waals surface area contributed by atoms with Crippen LogP contribution in [0.2, 0.25) is 5.02 Å². The molecule has 87 valence electrons. The molecule has 0 spiro atoms. The summed E-state index contributed by atoms with van der Waals surface area (Å²) in [6, 6.07) is 10.9. The van der Waals surface area contributed by atoms with Gasteiger partial charge in [-0.3, -0.25) is 0 Å². The molecule has 17 heavy (non-hydrogen) atoms. The van der Waals surface area contributed by atoms with Crippen LogP contribution in [-0.2, 0) is 6.61 Å². The second kappa shape index (κ2) is 5.15. The van der Waals surface area contributed by atoms with E-state index in [0.29, 0.717) is 11.3 Å². The fraction of sp³-hybridized carbons (Fsp3) is 0.0769. The minimum Gasteiger partial charge on any atom is -0.487 e. The smallest absolute Gasteiger partial charge is 0.139 e. The maximum Gasteiger partial charge on any atom is 0.139 e. The van der Waals surface area contributed by atoms with Crippen molar-refractivity contribution in [3.8, 4) is 5.75 Å². The summed E-state index contributed by atoms with van der Waals surface area (Å²) in [5.41, 5.74) is 0.672. The van der Waals surface area contributed by atoms with Crippen molar-refractivity contribution in [1.29, 1.82) is 0 Å². The van der Waals surface area contributed by atoms with E-state index >= 15 is 0 Å². The molecule has 0 aliphatic rings. The SMILES string of the molecule is Fc1[c]c(Cl)c(OCc2cccc(F)c2)cc1. The second-order valence-corrected chi connectivity index (χ2v) is 3.78. The predicted octanol–water partition coefficient (Wildman–Crippen LogP) is 4.00. The van der Waals surface area contributed by atoms with Crippen LogP contribution in [0.15, 0.2) is 36.4 Å². The zero-order valence-electron chi connectivity index (χ0n) is 8.71. The van der Waals surface area contributed by atoms with E-state index in [9.17, 15) is 8.78 Å². The lowest BCUT2D eigenvalue weighted by Gasteiger charge is -2.07. The quantitative estimate of drug-likeness (QED) is 0.803. The summed E-state index contributed by atoms with van der Waals surface area (Å²) in [6.45, 7) is 0.164. The predicted molar refractivity (Wildman–Crippen MR) is 61.0 cm³/mol. The van der Waals surface area contributed by atoms with Gasteiger partial charge in [-0.2, -0.15) is 0 Å². The summed E-state index contributed by atoms with van der Waals surface area (Å²) < 4.78 is 30.9. The van der Waals surface area contributed by atoms with Crippen LogP contribution in [-0.4, -0.2) is 0 Å². The van der Waals surface area contributed by atoms with Crippen LogP contribution in [0, 0.1) is 17.7 Å². The lowest BCUT2D eigenvalue weighted by atomic mass is 10.2. The molecule has 0 unspecified atom stereocenters. The van der Waals surface area contributed by atoms with Gasteiger partial charge in [0.15, 0.2) is 0 Å². The Labute approximate surface area is 103 Å². The Kier molecular flexibility index (Phi) is 3.59. The van der Waals surface area contributed by atoms with E-state index in [1.165, 1.54) is 24.3 Å². The zero-order valence-corrected chi connectivity index (χ0v) is 9.47. The third kappa shape index (κ3) is 3.17. The van der Waals surface area contributed by atoms with Crippen molar-refractivity contribution in [2.75, 3.05) is 0 Å². The molecule has 1 nitrogen and oxygen atoms in total. The largest absolute Gasteiger partial charge is 0.487 e. The minimum atomic E-state index is -0.548. The first-order chi connectivity index (χ1) is 8.15. The molecule has 1 radical (unpaired) electrons. The average Bonchev–Trinajstić information content (AvgIpc) is 2.28. The Morgan fingerprint density at radius 3 is 2.71 bits per heavy atom. The molecule has 0 bridgehead atoms. The first-order valence-electron chi connectivity index (χ1n) is 4.90. The highest BCUT2D eigenvalue weighted by Gasteiger charge is 2.04. The number of ether oxygens (including phenoxy) is 1. The molecule has 0 amide bonds. The van der Waals surface area contributed by atoms with Gasteiger partial charge in [0.2, 0.25) is 0 Å². The van der Waals surface area contributed by atoms with Gasteiger partial charge in [-0.25, -0.2) is 8.78 Å². The summed E-state index contributed by atoms with van der Waals surface area (Å²) >= 11 is 5.73. The minimum absolute atomic E-state index is 0.0707. The van der Waals surface area contributed by atoms with E-state index in [-0.39, 0.29) is 17.4 Å². The van der Waals surface area contributed by atoms with Crippen LogP contribution in [0.1, 0.15) is 5.56 Å². The molecular formula is C13H8ClF2O. The molecule has 0 saturated heterocycles. The Morgan fingerprint density at radius 2 is 2.00 bits per heavy atom. The first kappa shape index (κ1) is 11.9. The Morgan fingerprint density at radius 1 is 1.18 bits per heavy atom. The molecule has 0 aliphatic carbocycles. The van der Waals surface area contributed by atoms with Crippen molar-refractivity contribution in [2.45, 2.75) is 6.61 Å². The number of rotatable bonds is 3. The van der Waals surface area contributed by atoms with Crippen molar-refractivity contribution < 1.29 is 13.5 Å². The number of benzene rings is 2. The third-order valence-corrected chi connectivity index (χ3v) is 2.39. The summed E-state index contributed by atoms with van der Waals surface area (Å²) in [5.74, 6) is -0.562.